The third kappa shape index (κ3) is 4.62. The van der Waals surface area contributed by atoms with Crippen LogP contribution < -0.4 is 0 Å². The lowest BCUT2D eigenvalue weighted by atomic mass is 10.1. The Morgan fingerprint density at radius 3 is 2.07 bits per heavy atom. The molecule has 0 amide bonds. The standard InChI is InChI=1S/C27H26N2Si/c1-21-10-16-25(17-11-21)29-27(24-8-6-5-7-9-24)20-26(28-29)23-14-12-22(13-15-23)18-19-30(2,3)4/h5-17,20H,1-4H3. The number of rotatable bonds is 3. The summed E-state index contributed by atoms with van der Waals surface area (Å²) in [4.78, 5) is 0. The molecule has 0 aliphatic heterocycles. The van der Waals surface area contributed by atoms with Crippen LogP contribution in [0.15, 0.2) is 84.9 Å². The molecule has 0 unspecified atom stereocenters. The summed E-state index contributed by atoms with van der Waals surface area (Å²) in [5.41, 5.74) is 11.1. The summed E-state index contributed by atoms with van der Waals surface area (Å²) >= 11 is 0. The first-order chi connectivity index (χ1) is 14.4. The fourth-order valence-electron chi connectivity index (χ4n) is 3.20. The lowest BCUT2D eigenvalue weighted by Crippen LogP contribution is -2.16. The molecular formula is C27H26N2Si. The highest BCUT2D eigenvalue weighted by molar-refractivity contribution is 6.83. The third-order valence-corrected chi connectivity index (χ3v) is 5.69. The molecule has 1 aromatic heterocycles. The van der Waals surface area contributed by atoms with Crippen molar-refractivity contribution in [1.82, 2.24) is 9.78 Å². The normalized spacial score (nSPS) is 11.1. The van der Waals surface area contributed by atoms with E-state index in [9.17, 15) is 0 Å². The summed E-state index contributed by atoms with van der Waals surface area (Å²) in [5, 5.41) is 4.96. The molecule has 0 saturated carbocycles. The fourth-order valence-corrected chi connectivity index (χ4v) is 3.72. The number of hydrogen-bond donors (Lipinski definition) is 0. The Labute approximate surface area is 180 Å². The van der Waals surface area contributed by atoms with Gasteiger partial charge in [-0.15, -0.1) is 5.54 Å². The van der Waals surface area contributed by atoms with Gasteiger partial charge in [-0.1, -0.05) is 85.7 Å². The van der Waals surface area contributed by atoms with E-state index in [1.54, 1.807) is 0 Å². The molecule has 3 heteroatoms. The second kappa shape index (κ2) is 8.18. The maximum absolute atomic E-state index is 4.96. The number of hydrogen-bond acceptors (Lipinski definition) is 1. The van der Waals surface area contributed by atoms with Gasteiger partial charge in [0.05, 0.1) is 17.1 Å². The van der Waals surface area contributed by atoms with Gasteiger partial charge in [-0.05, 0) is 37.3 Å². The average Bonchev–Trinajstić information content (AvgIpc) is 3.19. The highest BCUT2D eigenvalue weighted by Gasteiger charge is 2.13. The third-order valence-electron chi connectivity index (χ3n) is 4.82. The second-order valence-corrected chi connectivity index (χ2v) is 13.4. The highest BCUT2D eigenvalue weighted by Crippen LogP contribution is 2.29. The van der Waals surface area contributed by atoms with Gasteiger partial charge in [-0.25, -0.2) is 4.68 Å². The van der Waals surface area contributed by atoms with Crippen molar-refractivity contribution in [3.05, 3.63) is 96.1 Å². The molecule has 0 atom stereocenters. The number of aryl methyl sites for hydroxylation is 1. The molecule has 3 aromatic carbocycles. The molecule has 0 bridgehead atoms. The largest absolute Gasteiger partial charge is 0.232 e. The summed E-state index contributed by atoms with van der Waals surface area (Å²) in [6.45, 7) is 8.88. The molecule has 148 valence electrons. The van der Waals surface area contributed by atoms with Crippen LogP contribution in [0.25, 0.3) is 28.2 Å². The first-order valence-electron chi connectivity index (χ1n) is 10.3. The molecule has 0 fully saturated rings. The molecule has 1 heterocycles. The summed E-state index contributed by atoms with van der Waals surface area (Å²) in [5.74, 6) is 3.32. The van der Waals surface area contributed by atoms with Crippen molar-refractivity contribution in [2.24, 2.45) is 0 Å². The molecule has 0 N–H and O–H groups in total. The zero-order valence-electron chi connectivity index (χ0n) is 18.0. The Morgan fingerprint density at radius 1 is 0.767 bits per heavy atom. The van der Waals surface area contributed by atoms with Gasteiger partial charge in [0, 0.05) is 16.7 Å². The monoisotopic (exact) mass is 406 g/mol. The molecule has 0 saturated heterocycles. The minimum atomic E-state index is -1.38. The van der Waals surface area contributed by atoms with E-state index >= 15 is 0 Å². The predicted octanol–water partition coefficient (Wildman–Crippen LogP) is 6.74. The van der Waals surface area contributed by atoms with E-state index in [0.717, 1.165) is 33.8 Å². The molecule has 0 aliphatic carbocycles. The van der Waals surface area contributed by atoms with Crippen LogP contribution in [0.1, 0.15) is 11.1 Å². The lowest BCUT2D eigenvalue weighted by Gasteiger charge is -2.08. The predicted molar refractivity (Wildman–Crippen MR) is 129 cm³/mol. The van der Waals surface area contributed by atoms with Gasteiger partial charge < -0.3 is 0 Å². The van der Waals surface area contributed by atoms with Crippen LogP contribution in [-0.2, 0) is 0 Å². The van der Waals surface area contributed by atoms with Crippen molar-refractivity contribution >= 4 is 8.07 Å². The molecular weight excluding hydrogens is 380 g/mol. The maximum atomic E-state index is 4.96. The van der Waals surface area contributed by atoms with Gasteiger partial charge in [-0.3, -0.25) is 0 Å². The zero-order chi connectivity index (χ0) is 21.1. The fraction of sp³-hybridized carbons (Fsp3) is 0.148. The minimum Gasteiger partial charge on any atom is -0.232 e. The first-order valence-corrected chi connectivity index (χ1v) is 13.8. The zero-order valence-corrected chi connectivity index (χ0v) is 19.0. The Bertz CT molecular complexity index is 1200. The van der Waals surface area contributed by atoms with Gasteiger partial charge in [0.1, 0.15) is 8.07 Å². The van der Waals surface area contributed by atoms with Crippen molar-refractivity contribution in [3.8, 4) is 39.7 Å². The van der Waals surface area contributed by atoms with Crippen molar-refractivity contribution < 1.29 is 0 Å². The second-order valence-electron chi connectivity index (χ2n) is 8.61. The van der Waals surface area contributed by atoms with Crippen LogP contribution in [-0.4, -0.2) is 17.9 Å². The topological polar surface area (TPSA) is 17.8 Å². The average molecular weight is 407 g/mol. The SMILES string of the molecule is Cc1ccc(-n2nc(-c3ccc(C#C[Si](C)(C)C)cc3)cc2-c2ccccc2)cc1. The number of nitrogens with zero attached hydrogens (tertiary/aromatic N) is 2. The Kier molecular flexibility index (Phi) is 5.44. The molecule has 0 spiro atoms. The summed E-state index contributed by atoms with van der Waals surface area (Å²) < 4.78 is 2.03. The smallest absolute Gasteiger partial charge is 0.129 e. The summed E-state index contributed by atoms with van der Waals surface area (Å²) in [6.07, 6.45) is 0. The van der Waals surface area contributed by atoms with Crippen LogP contribution in [0.2, 0.25) is 19.6 Å². The van der Waals surface area contributed by atoms with E-state index in [1.165, 1.54) is 5.56 Å². The summed E-state index contributed by atoms with van der Waals surface area (Å²) in [6, 6.07) is 29.5. The van der Waals surface area contributed by atoms with Gasteiger partial charge in [0.25, 0.3) is 0 Å². The van der Waals surface area contributed by atoms with Crippen LogP contribution in [0, 0.1) is 18.4 Å². The van der Waals surface area contributed by atoms with Crippen molar-refractivity contribution in [2.75, 3.05) is 0 Å². The van der Waals surface area contributed by atoms with Crippen LogP contribution in [0.3, 0.4) is 0 Å². The minimum absolute atomic E-state index is 0.958. The van der Waals surface area contributed by atoms with Gasteiger partial charge in [-0.2, -0.15) is 5.10 Å². The van der Waals surface area contributed by atoms with E-state index in [-0.39, 0.29) is 0 Å². The molecule has 0 radical (unpaired) electrons. The maximum Gasteiger partial charge on any atom is 0.129 e. The van der Waals surface area contributed by atoms with Crippen LogP contribution in [0.4, 0.5) is 0 Å². The molecule has 4 rings (SSSR count). The number of benzene rings is 3. The van der Waals surface area contributed by atoms with Gasteiger partial charge in [0.15, 0.2) is 0 Å². The van der Waals surface area contributed by atoms with E-state index in [4.69, 9.17) is 5.10 Å². The van der Waals surface area contributed by atoms with E-state index < -0.39 is 8.07 Å². The Morgan fingerprint density at radius 2 is 1.43 bits per heavy atom. The first kappa shape index (κ1) is 19.9. The molecule has 30 heavy (non-hydrogen) atoms. The molecule has 0 aliphatic rings. The Balaban J connectivity index is 1.76. The van der Waals surface area contributed by atoms with E-state index in [1.807, 2.05) is 10.7 Å². The van der Waals surface area contributed by atoms with Crippen molar-refractivity contribution in [3.63, 3.8) is 0 Å². The van der Waals surface area contributed by atoms with E-state index in [0.29, 0.717) is 0 Å². The molecule has 4 aromatic rings. The van der Waals surface area contributed by atoms with Gasteiger partial charge in [0.2, 0.25) is 0 Å². The van der Waals surface area contributed by atoms with Crippen molar-refractivity contribution in [1.29, 1.82) is 0 Å². The highest BCUT2D eigenvalue weighted by atomic mass is 28.3. The lowest BCUT2D eigenvalue weighted by molar-refractivity contribution is 0.891. The van der Waals surface area contributed by atoms with Crippen molar-refractivity contribution in [2.45, 2.75) is 26.6 Å². The summed E-state index contributed by atoms with van der Waals surface area (Å²) in [7, 11) is -1.38. The van der Waals surface area contributed by atoms with Gasteiger partial charge >= 0.3 is 0 Å². The quantitative estimate of drug-likeness (QED) is 0.272. The Hall–Kier alpha value is -3.35. The molecule has 2 nitrogen and oxygen atoms in total. The van der Waals surface area contributed by atoms with Crippen LogP contribution in [0.5, 0.6) is 0 Å². The van der Waals surface area contributed by atoms with E-state index in [2.05, 4.69) is 117 Å². The van der Waals surface area contributed by atoms with Crippen LogP contribution >= 0.6 is 0 Å². The number of aromatic nitrogens is 2.